The first kappa shape index (κ1) is 31.7. The van der Waals surface area contributed by atoms with E-state index in [1.54, 1.807) is 18.3 Å². The normalized spacial score (nSPS) is 21.6. The summed E-state index contributed by atoms with van der Waals surface area (Å²) in [7, 11) is 0. The minimum Gasteiger partial charge on any atom is -0.482 e. The third-order valence-corrected chi connectivity index (χ3v) is 10.4. The van der Waals surface area contributed by atoms with Gasteiger partial charge < -0.3 is 24.5 Å². The lowest BCUT2D eigenvalue weighted by Gasteiger charge is -2.46. The lowest BCUT2D eigenvalue weighted by atomic mass is 9.68. The van der Waals surface area contributed by atoms with E-state index in [1.807, 2.05) is 13.0 Å². The second kappa shape index (κ2) is 12.7. The number of aromatic nitrogens is 3. The van der Waals surface area contributed by atoms with E-state index in [2.05, 4.69) is 20.6 Å². The van der Waals surface area contributed by atoms with Crippen LogP contribution in [0.5, 0.6) is 5.75 Å². The van der Waals surface area contributed by atoms with Crippen molar-refractivity contribution < 1.29 is 27.9 Å². The molecule has 2 bridgehead atoms. The van der Waals surface area contributed by atoms with Crippen molar-refractivity contribution in [1.82, 2.24) is 20.3 Å². The Morgan fingerprint density at radius 1 is 1.04 bits per heavy atom. The van der Waals surface area contributed by atoms with Crippen LogP contribution in [0.15, 0.2) is 41.1 Å². The average Bonchev–Trinajstić information content (AvgIpc) is 3.54. The number of fused-ring (bicyclic) bond motifs is 5. The first-order valence-corrected chi connectivity index (χ1v) is 17.2. The molecule has 4 aliphatic heterocycles. The smallest absolute Gasteiger partial charge is 0.265 e. The summed E-state index contributed by atoms with van der Waals surface area (Å²) in [5.41, 5.74) is 3.68. The van der Waals surface area contributed by atoms with E-state index in [9.17, 15) is 14.0 Å². The summed E-state index contributed by atoms with van der Waals surface area (Å²) in [5, 5.41) is 6.64. The highest BCUT2D eigenvalue weighted by atomic mass is 35.5. The highest BCUT2D eigenvalue weighted by molar-refractivity contribution is 6.30. The van der Waals surface area contributed by atoms with Gasteiger partial charge in [0, 0.05) is 24.8 Å². The summed E-state index contributed by atoms with van der Waals surface area (Å²) in [4.78, 5) is 42.3. The number of nitrogens with one attached hydrogen (secondary N) is 2. The fraction of sp³-hybridized carbons (Fsp3) is 0.417. The molecule has 0 spiro atoms. The predicted molar refractivity (Wildman–Crippen MR) is 180 cm³/mol. The number of amides is 2. The quantitative estimate of drug-likeness (QED) is 0.231. The van der Waals surface area contributed by atoms with Gasteiger partial charge in [0.05, 0.1) is 58.7 Å². The van der Waals surface area contributed by atoms with E-state index >= 15 is 0 Å². The average molecular weight is 687 g/mol. The monoisotopic (exact) mass is 686 g/mol. The zero-order chi connectivity index (χ0) is 33.7. The fourth-order valence-corrected chi connectivity index (χ4v) is 7.64. The van der Waals surface area contributed by atoms with E-state index in [0.717, 1.165) is 50.8 Å². The Kier molecular flexibility index (Phi) is 8.23. The third-order valence-electron chi connectivity index (χ3n) is 10.2. The second-order valence-corrected chi connectivity index (χ2v) is 13.8. The number of rotatable bonds is 7. The molecule has 254 valence electrons. The van der Waals surface area contributed by atoms with Crippen LogP contribution in [0.3, 0.4) is 0 Å². The maximum atomic E-state index is 14.7. The highest BCUT2D eigenvalue weighted by Crippen LogP contribution is 2.48. The minimum atomic E-state index is -0.607. The van der Waals surface area contributed by atoms with Crippen molar-refractivity contribution in [1.29, 1.82) is 0 Å². The molecule has 2 N–H and O–H groups in total. The third kappa shape index (κ3) is 6.01. The van der Waals surface area contributed by atoms with Crippen molar-refractivity contribution in [3.63, 3.8) is 0 Å². The maximum Gasteiger partial charge on any atom is 0.265 e. The molecule has 13 heteroatoms. The topological polar surface area (TPSA) is 132 Å². The van der Waals surface area contributed by atoms with Crippen molar-refractivity contribution in [3.05, 3.63) is 70.2 Å². The van der Waals surface area contributed by atoms with E-state index in [4.69, 9.17) is 30.5 Å². The largest absolute Gasteiger partial charge is 0.482 e. The van der Waals surface area contributed by atoms with Gasteiger partial charge in [0.15, 0.2) is 6.61 Å². The van der Waals surface area contributed by atoms with E-state index in [-0.39, 0.29) is 41.1 Å². The van der Waals surface area contributed by atoms with Crippen LogP contribution in [0.1, 0.15) is 66.0 Å². The number of nitrogens with zero attached hydrogens (tertiary/aromatic N) is 4. The van der Waals surface area contributed by atoms with E-state index < -0.39 is 5.82 Å². The zero-order valence-corrected chi connectivity index (χ0v) is 27.9. The molecule has 5 aliphatic rings. The van der Waals surface area contributed by atoms with Gasteiger partial charge in [0.25, 0.3) is 11.8 Å². The van der Waals surface area contributed by atoms with Gasteiger partial charge in [0.2, 0.25) is 5.89 Å². The number of hydrogen-bond donors (Lipinski definition) is 2. The highest BCUT2D eigenvalue weighted by Gasteiger charge is 2.41. The number of aryl methyl sites for hydroxylation is 2. The summed E-state index contributed by atoms with van der Waals surface area (Å²) < 4.78 is 33.0. The molecule has 4 aromatic rings. The van der Waals surface area contributed by atoms with Crippen molar-refractivity contribution in [3.8, 4) is 28.3 Å². The van der Waals surface area contributed by atoms with Gasteiger partial charge in [-0.1, -0.05) is 17.7 Å². The number of ether oxygens (including phenoxy) is 2. The number of hydrogen-bond acceptors (Lipinski definition) is 9. The summed E-state index contributed by atoms with van der Waals surface area (Å²) in [6.07, 6.45) is 10.0. The molecule has 2 saturated heterocycles. The van der Waals surface area contributed by atoms with Crippen LogP contribution in [-0.4, -0.2) is 59.2 Å². The first-order valence-electron chi connectivity index (χ1n) is 16.8. The maximum absolute atomic E-state index is 14.7. The summed E-state index contributed by atoms with van der Waals surface area (Å²) in [6, 6.07) is 6.56. The number of pyridine rings is 2. The molecule has 1 saturated carbocycles. The zero-order valence-electron chi connectivity index (χ0n) is 27.1. The van der Waals surface area contributed by atoms with Gasteiger partial charge in [-0.3, -0.25) is 19.5 Å². The lowest BCUT2D eigenvalue weighted by molar-refractivity contribution is -0.121. The number of anilines is 2. The van der Waals surface area contributed by atoms with Gasteiger partial charge >= 0.3 is 0 Å². The molecule has 11 nitrogen and oxygen atoms in total. The van der Waals surface area contributed by atoms with Crippen LogP contribution in [0.2, 0.25) is 5.02 Å². The Balaban J connectivity index is 1.27. The van der Waals surface area contributed by atoms with Crippen molar-refractivity contribution in [2.24, 2.45) is 5.41 Å². The van der Waals surface area contributed by atoms with Gasteiger partial charge in [0.1, 0.15) is 23.1 Å². The van der Waals surface area contributed by atoms with Gasteiger partial charge in [-0.2, -0.15) is 0 Å². The molecule has 9 rings (SSSR count). The second-order valence-electron chi connectivity index (χ2n) is 13.4. The molecule has 2 amide bonds. The van der Waals surface area contributed by atoms with Crippen LogP contribution in [-0.2, 0) is 22.5 Å². The standard InChI is InChI=1S/C36H36ClFN6O5/c1-20-15-42-35(49-20)31-25(7-10-36-8-5-23(6-9-36)48-19-36)43-33-32(34(46)40-12-2-11-39-33)30(31)21-3-4-27-28(13-21)47-18-29(45)44(27)17-26-24(38)14-22(37)16-41-26/h3-4,13-16,23H,2,5-12,17-19H2,1H3,(H,39,43)(H,40,46). The van der Waals surface area contributed by atoms with Crippen LogP contribution >= 0.6 is 11.6 Å². The molecule has 0 unspecified atom stereocenters. The molecule has 49 heavy (non-hydrogen) atoms. The molecule has 0 radical (unpaired) electrons. The molecular weight excluding hydrogens is 651 g/mol. The molecular formula is C36H36ClFN6O5. The van der Waals surface area contributed by atoms with Crippen LogP contribution < -0.4 is 20.3 Å². The predicted octanol–water partition coefficient (Wildman–Crippen LogP) is 6.26. The summed E-state index contributed by atoms with van der Waals surface area (Å²) in [6.45, 7) is 3.36. The Bertz CT molecular complexity index is 1940. The SMILES string of the molecule is Cc1cnc(-c2c(CCC34CCC(CC3)OC4)nc3c(c2-c2ccc4c(c2)OCC(=O)N4Cc2ncc(Cl)cc2F)C(=O)NCCCN3)o1. The van der Waals surface area contributed by atoms with Gasteiger partial charge in [-0.05, 0) is 81.0 Å². The number of halogens is 2. The Labute approximate surface area is 287 Å². The van der Waals surface area contributed by atoms with E-state index in [0.29, 0.717) is 76.8 Å². The molecule has 7 heterocycles. The van der Waals surface area contributed by atoms with Crippen LogP contribution in [0.4, 0.5) is 15.9 Å². The van der Waals surface area contributed by atoms with Crippen molar-refractivity contribution in [2.45, 2.75) is 64.5 Å². The van der Waals surface area contributed by atoms with Gasteiger partial charge in [-0.15, -0.1) is 0 Å². The number of oxazole rings is 1. The number of carbonyl (C=O) groups is 2. The number of carbonyl (C=O) groups excluding carboxylic acids is 2. The molecule has 3 fully saturated rings. The van der Waals surface area contributed by atoms with Crippen molar-refractivity contribution in [2.75, 3.05) is 36.5 Å². The minimum absolute atomic E-state index is 0.0791. The summed E-state index contributed by atoms with van der Waals surface area (Å²) >= 11 is 5.91. The Morgan fingerprint density at radius 3 is 2.63 bits per heavy atom. The van der Waals surface area contributed by atoms with Crippen LogP contribution in [0.25, 0.3) is 22.6 Å². The van der Waals surface area contributed by atoms with Crippen LogP contribution in [0, 0.1) is 18.2 Å². The lowest BCUT2D eigenvalue weighted by Crippen LogP contribution is -2.42. The fourth-order valence-electron chi connectivity index (χ4n) is 7.50. The molecule has 1 aromatic carbocycles. The molecule has 1 aliphatic carbocycles. The summed E-state index contributed by atoms with van der Waals surface area (Å²) in [5.74, 6) is 0.686. The first-order chi connectivity index (χ1) is 23.8. The molecule has 0 atom stereocenters. The number of benzene rings is 1. The van der Waals surface area contributed by atoms with E-state index in [1.165, 1.54) is 17.2 Å². The van der Waals surface area contributed by atoms with Crippen molar-refractivity contribution >= 4 is 34.9 Å². The molecule has 3 aromatic heterocycles. The Hall–Kier alpha value is -4.55. The Morgan fingerprint density at radius 2 is 1.88 bits per heavy atom. The van der Waals surface area contributed by atoms with Gasteiger partial charge in [-0.25, -0.2) is 14.4 Å².